The van der Waals surface area contributed by atoms with E-state index >= 15 is 0 Å². The van der Waals surface area contributed by atoms with E-state index in [1.807, 2.05) is 61.9 Å². The van der Waals surface area contributed by atoms with Crippen molar-refractivity contribution in [3.8, 4) is 5.69 Å². The lowest BCUT2D eigenvalue weighted by Gasteiger charge is -2.08. The smallest absolute Gasteiger partial charge is 0.310 e. The first-order valence-electron chi connectivity index (χ1n) is 9.68. The Kier molecular flexibility index (Phi) is 5.18. The molecule has 0 unspecified atom stereocenters. The summed E-state index contributed by atoms with van der Waals surface area (Å²) < 4.78 is 8.72. The van der Waals surface area contributed by atoms with E-state index < -0.39 is 0 Å². The van der Waals surface area contributed by atoms with E-state index in [0.717, 1.165) is 28.2 Å². The van der Waals surface area contributed by atoms with Crippen molar-refractivity contribution in [3.63, 3.8) is 0 Å². The summed E-state index contributed by atoms with van der Waals surface area (Å²) in [7, 11) is 0. The largest absolute Gasteiger partial charge is 0.459 e. The van der Waals surface area contributed by atoms with Gasteiger partial charge in [-0.2, -0.15) is 5.10 Å². The van der Waals surface area contributed by atoms with Crippen LogP contribution in [0.4, 0.5) is 0 Å². The first-order valence-corrected chi connectivity index (χ1v) is 9.68. The van der Waals surface area contributed by atoms with Crippen molar-refractivity contribution in [1.29, 1.82) is 0 Å². The van der Waals surface area contributed by atoms with E-state index in [4.69, 9.17) is 4.74 Å². The van der Waals surface area contributed by atoms with E-state index in [-0.39, 0.29) is 24.6 Å². The number of benzene rings is 1. The number of nitrogens with zero attached hydrogens (tertiary/aromatic N) is 4. The Balaban J connectivity index is 1.50. The highest BCUT2D eigenvalue weighted by atomic mass is 16.5. The van der Waals surface area contributed by atoms with Gasteiger partial charge in [0.1, 0.15) is 12.3 Å². The fourth-order valence-corrected chi connectivity index (χ4v) is 3.48. The minimum Gasteiger partial charge on any atom is -0.459 e. The van der Waals surface area contributed by atoms with E-state index in [1.165, 1.54) is 10.5 Å². The molecule has 0 radical (unpaired) electrons. The van der Waals surface area contributed by atoms with Gasteiger partial charge < -0.3 is 4.74 Å². The predicted octanol–water partition coefficient (Wildman–Crippen LogP) is 3.09. The van der Waals surface area contributed by atoms with Gasteiger partial charge in [-0.3, -0.25) is 14.0 Å². The molecule has 7 heteroatoms. The lowest BCUT2D eigenvalue weighted by atomic mass is 10.1. The van der Waals surface area contributed by atoms with Crippen molar-refractivity contribution in [3.05, 3.63) is 93.3 Å². The fourth-order valence-electron chi connectivity index (χ4n) is 3.48. The zero-order valence-corrected chi connectivity index (χ0v) is 17.1. The van der Waals surface area contributed by atoms with Crippen molar-refractivity contribution >= 4 is 11.6 Å². The number of ether oxygens (including phenoxy) is 1. The van der Waals surface area contributed by atoms with Gasteiger partial charge in [-0.05, 0) is 44.5 Å². The number of para-hydroxylation sites is 1. The molecular formula is C23H22N4O3. The SMILES string of the molecule is Cc1nn(-c2ccccc2)c(C)c1CC(=O)OCc1cc(=O)n2cccc(C)c2n1. The zero-order chi connectivity index (χ0) is 21.3. The van der Waals surface area contributed by atoms with Gasteiger partial charge in [-0.15, -0.1) is 0 Å². The maximum absolute atomic E-state index is 12.5. The molecule has 4 rings (SSSR count). The maximum Gasteiger partial charge on any atom is 0.310 e. The summed E-state index contributed by atoms with van der Waals surface area (Å²) in [5, 5.41) is 4.56. The van der Waals surface area contributed by atoms with Crippen LogP contribution in [0.3, 0.4) is 0 Å². The number of rotatable bonds is 5. The molecule has 3 aromatic heterocycles. The standard InChI is InChI=1S/C23H22N4O3/c1-15-8-7-11-26-21(28)12-18(24-23(15)26)14-30-22(29)13-20-16(2)25-27(17(20)3)19-9-5-4-6-10-19/h4-12H,13-14H2,1-3H3. The van der Waals surface area contributed by atoms with Crippen LogP contribution in [0.1, 0.15) is 28.2 Å². The molecule has 0 spiro atoms. The molecule has 0 fully saturated rings. The molecule has 0 aliphatic heterocycles. The summed E-state index contributed by atoms with van der Waals surface area (Å²) in [5.74, 6) is -0.388. The van der Waals surface area contributed by atoms with E-state index in [9.17, 15) is 9.59 Å². The first-order chi connectivity index (χ1) is 14.4. The molecule has 0 aliphatic carbocycles. The van der Waals surface area contributed by atoms with Gasteiger partial charge >= 0.3 is 5.97 Å². The van der Waals surface area contributed by atoms with Crippen LogP contribution in [0, 0.1) is 20.8 Å². The Morgan fingerprint density at radius 3 is 2.60 bits per heavy atom. The molecule has 0 saturated carbocycles. The molecular weight excluding hydrogens is 380 g/mol. The highest BCUT2D eigenvalue weighted by molar-refractivity contribution is 5.73. The molecule has 0 saturated heterocycles. The monoisotopic (exact) mass is 402 g/mol. The number of pyridine rings is 1. The van der Waals surface area contributed by atoms with Crippen molar-refractivity contribution in [2.45, 2.75) is 33.8 Å². The van der Waals surface area contributed by atoms with E-state index in [1.54, 1.807) is 12.3 Å². The highest BCUT2D eigenvalue weighted by Crippen LogP contribution is 2.19. The Hall–Kier alpha value is -3.74. The molecule has 152 valence electrons. The average Bonchev–Trinajstić information content (AvgIpc) is 3.02. The maximum atomic E-state index is 12.5. The van der Waals surface area contributed by atoms with Gasteiger partial charge in [-0.1, -0.05) is 24.3 Å². The third kappa shape index (κ3) is 3.74. The molecule has 1 aromatic carbocycles. The Bertz CT molecular complexity index is 1290. The number of aromatic nitrogens is 4. The average molecular weight is 402 g/mol. The molecule has 0 amide bonds. The van der Waals surface area contributed by atoms with Crippen molar-refractivity contribution < 1.29 is 9.53 Å². The van der Waals surface area contributed by atoms with Gasteiger partial charge in [0.25, 0.3) is 5.56 Å². The molecule has 30 heavy (non-hydrogen) atoms. The summed E-state index contributed by atoms with van der Waals surface area (Å²) >= 11 is 0. The lowest BCUT2D eigenvalue weighted by Crippen LogP contribution is -2.17. The second-order valence-electron chi connectivity index (χ2n) is 7.20. The first kappa shape index (κ1) is 19.6. The van der Waals surface area contributed by atoms with E-state index in [0.29, 0.717) is 11.3 Å². The summed E-state index contributed by atoms with van der Waals surface area (Å²) in [6, 6.07) is 14.8. The Morgan fingerprint density at radius 2 is 1.83 bits per heavy atom. The van der Waals surface area contributed by atoms with E-state index in [2.05, 4.69) is 10.1 Å². The second-order valence-corrected chi connectivity index (χ2v) is 7.20. The number of esters is 1. The van der Waals surface area contributed by atoms with Crippen molar-refractivity contribution in [2.24, 2.45) is 0 Å². The summed E-state index contributed by atoms with van der Waals surface area (Å²) in [4.78, 5) is 29.2. The normalized spacial score (nSPS) is 11.0. The Morgan fingerprint density at radius 1 is 1.07 bits per heavy atom. The van der Waals surface area contributed by atoms with Crippen LogP contribution >= 0.6 is 0 Å². The quantitative estimate of drug-likeness (QED) is 0.480. The third-order valence-electron chi connectivity index (χ3n) is 5.08. The minimum atomic E-state index is -0.388. The zero-order valence-electron chi connectivity index (χ0n) is 17.1. The number of carbonyl (C=O) groups is 1. The van der Waals surface area contributed by atoms with Crippen LogP contribution < -0.4 is 5.56 Å². The summed E-state index contributed by atoms with van der Waals surface area (Å²) in [6.45, 7) is 5.64. The molecule has 3 heterocycles. The molecule has 0 atom stereocenters. The van der Waals surface area contributed by atoms with Gasteiger partial charge in [0.2, 0.25) is 0 Å². The number of carbonyl (C=O) groups excluding carboxylic acids is 1. The molecule has 7 nitrogen and oxygen atoms in total. The molecule has 0 N–H and O–H groups in total. The lowest BCUT2D eigenvalue weighted by molar-refractivity contribution is -0.144. The molecule has 4 aromatic rings. The third-order valence-corrected chi connectivity index (χ3v) is 5.08. The van der Waals surface area contributed by atoms with Crippen LogP contribution in [0.5, 0.6) is 0 Å². The second kappa shape index (κ2) is 7.94. The number of fused-ring (bicyclic) bond motifs is 1. The minimum absolute atomic E-state index is 0.0518. The Labute approximate surface area is 173 Å². The van der Waals surface area contributed by atoms with Gasteiger partial charge in [-0.25, -0.2) is 9.67 Å². The van der Waals surface area contributed by atoms with Crippen LogP contribution in [0.25, 0.3) is 11.3 Å². The molecule has 0 bridgehead atoms. The van der Waals surface area contributed by atoms with Crippen molar-refractivity contribution in [1.82, 2.24) is 19.2 Å². The van der Waals surface area contributed by atoms with Crippen LogP contribution in [0.2, 0.25) is 0 Å². The van der Waals surface area contributed by atoms with Gasteiger partial charge in [0.15, 0.2) is 0 Å². The molecule has 0 aliphatic rings. The fraction of sp³-hybridized carbons (Fsp3) is 0.217. The predicted molar refractivity (Wildman–Crippen MR) is 113 cm³/mol. The summed E-state index contributed by atoms with van der Waals surface area (Å²) in [5.41, 5.74) is 5.12. The van der Waals surface area contributed by atoms with Gasteiger partial charge in [0, 0.05) is 23.5 Å². The van der Waals surface area contributed by atoms with Crippen LogP contribution in [-0.4, -0.2) is 25.1 Å². The topological polar surface area (TPSA) is 78.5 Å². The number of aryl methyl sites for hydroxylation is 2. The van der Waals surface area contributed by atoms with Gasteiger partial charge in [0.05, 0.1) is 23.5 Å². The van der Waals surface area contributed by atoms with Crippen molar-refractivity contribution in [2.75, 3.05) is 0 Å². The van der Waals surface area contributed by atoms with Crippen LogP contribution in [-0.2, 0) is 22.6 Å². The number of hydrogen-bond donors (Lipinski definition) is 0. The summed E-state index contributed by atoms with van der Waals surface area (Å²) in [6.07, 6.45) is 1.78. The highest BCUT2D eigenvalue weighted by Gasteiger charge is 2.17. The number of hydrogen-bond acceptors (Lipinski definition) is 5. The van der Waals surface area contributed by atoms with Crippen LogP contribution in [0.15, 0.2) is 59.5 Å².